The summed E-state index contributed by atoms with van der Waals surface area (Å²) in [6.45, 7) is 0. The number of hydrogen-bond acceptors (Lipinski definition) is 1. The highest BCUT2D eigenvalue weighted by Gasteiger charge is 2.22. The second kappa shape index (κ2) is 10.2. The fourth-order valence-electron chi connectivity index (χ4n) is 7.68. The van der Waals surface area contributed by atoms with E-state index >= 15 is 0 Å². The second-order valence-corrected chi connectivity index (χ2v) is 12.5. The third-order valence-electron chi connectivity index (χ3n) is 9.82. The maximum Gasteiger partial charge on any atom is 0.135 e. The van der Waals surface area contributed by atoms with Gasteiger partial charge in [0.2, 0.25) is 0 Å². The lowest BCUT2D eigenvalue weighted by atomic mass is 9.87. The van der Waals surface area contributed by atoms with Crippen molar-refractivity contribution in [3.63, 3.8) is 0 Å². The molecular formula is C46H28O. The van der Waals surface area contributed by atoms with Crippen LogP contribution in [0.3, 0.4) is 0 Å². The van der Waals surface area contributed by atoms with Gasteiger partial charge in [-0.25, -0.2) is 0 Å². The van der Waals surface area contributed by atoms with Gasteiger partial charge >= 0.3 is 0 Å². The van der Waals surface area contributed by atoms with Crippen molar-refractivity contribution in [2.24, 2.45) is 0 Å². The molecule has 0 N–H and O–H groups in total. The third-order valence-corrected chi connectivity index (χ3v) is 9.82. The van der Waals surface area contributed by atoms with Crippen molar-refractivity contribution in [3.8, 4) is 56.0 Å². The van der Waals surface area contributed by atoms with E-state index in [9.17, 15) is 0 Å². The molecule has 10 rings (SSSR count). The van der Waals surface area contributed by atoms with Gasteiger partial charge in [-0.2, -0.15) is 0 Å². The van der Waals surface area contributed by atoms with Crippen LogP contribution in [-0.2, 0) is 0 Å². The Kier molecular flexibility index (Phi) is 5.64. The molecule has 1 heterocycles. The third kappa shape index (κ3) is 4.03. The number of benzene rings is 9. The van der Waals surface area contributed by atoms with Gasteiger partial charge in [0.05, 0.1) is 0 Å². The Morgan fingerprint density at radius 2 is 1.00 bits per heavy atom. The molecule has 0 saturated carbocycles. The van der Waals surface area contributed by atoms with Gasteiger partial charge in [0.25, 0.3) is 0 Å². The number of fused-ring (bicyclic) bond motifs is 6. The van der Waals surface area contributed by atoms with Crippen molar-refractivity contribution in [1.82, 2.24) is 0 Å². The average Bonchev–Trinajstić information content (AvgIpc) is 3.14. The molecule has 0 radical (unpaired) electrons. The quantitative estimate of drug-likeness (QED) is 0.146. The highest BCUT2D eigenvalue weighted by molar-refractivity contribution is 6.22. The first-order chi connectivity index (χ1) is 23.3. The Morgan fingerprint density at radius 3 is 1.91 bits per heavy atom. The molecule has 0 bridgehead atoms. The van der Waals surface area contributed by atoms with Crippen LogP contribution in [0.4, 0.5) is 0 Å². The standard InChI is InChI=1S/C46H28O/c1-2-10-29(11-3-1)31-22-23-39-41-19-9-18-40-36(24-25-42(46(40)41)47-43(39)28-31)32-14-8-15-34(26-32)44-38-17-7-5-13-33(38)27-35-21-20-30-12-4-6-16-37(30)45(35)44/h1-28H. The predicted molar refractivity (Wildman–Crippen MR) is 198 cm³/mol. The summed E-state index contributed by atoms with van der Waals surface area (Å²) in [5.41, 5.74) is 9.58. The molecule has 1 nitrogen and oxygen atoms in total. The van der Waals surface area contributed by atoms with Crippen LogP contribution >= 0.6 is 0 Å². The lowest BCUT2D eigenvalue weighted by molar-refractivity contribution is 0.487. The maximum absolute atomic E-state index is 6.63. The van der Waals surface area contributed by atoms with Gasteiger partial charge in [-0.05, 0) is 107 Å². The minimum atomic E-state index is 0.899. The molecule has 9 aromatic carbocycles. The molecule has 47 heavy (non-hydrogen) atoms. The molecule has 0 atom stereocenters. The van der Waals surface area contributed by atoms with Crippen LogP contribution < -0.4 is 4.74 Å². The monoisotopic (exact) mass is 596 g/mol. The van der Waals surface area contributed by atoms with Gasteiger partial charge in [0.1, 0.15) is 11.5 Å². The van der Waals surface area contributed by atoms with E-state index in [1.54, 1.807) is 0 Å². The first-order valence-electron chi connectivity index (χ1n) is 16.2. The summed E-state index contributed by atoms with van der Waals surface area (Å²) >= 11 is 0. The summed E-state index contributed by atoms with van der Waals surface area (Å²) < 4.78 is 6.63. The van der Waals surface area contributed by atoms with Crippen LogP contribution in [0.1, 0.15) is 0 Å². The smallest absolute Gasteiger partial charge is 0.135 e. The fraction of sp³-hybridized carbons (Fsp3) is 0. The molecule has 1 aliphatic rings. The van der Waals surface area contributed by atoms with Crippen LogP contribution in [0.15, 0.2) is 170 Å². The topological polar surface area (TPSA) is 9.23 Å². The Hall–Kier alpha value is -6.18. The van der Waals surface area contributed by atoms with E-state index in [2.05, 4.69) is 170 Å². The predicted octanol–water partition coefficient (Wildman–Crippen LogP) is 13.1. The van der Waals surface area contributed by atoms with Gasteiger partial charge in [-0.3, -0.25) is 0 Å². The van der Waals surface area contributed by atoms with Gasteiger partial charge in [0.15, 0.2) is 0 Å². The summed E-state index contributed by atoms with van der Waals surface area (Å²) in [6.07, 6.45) is 0. The highest BCUT2D eigenvalue weighted by Crippen LogP contribution is 2.50. The SMILES string of the molecule is c1ccc(-c2ccc3c(c2)Oc2ccc(-c4cccc(-c5c6ccccc6cc6ccc7ccccc7c56)c4)c4cccc-3c24)cc1. The molecular weight excluding hydrogens is 569 g/mol. The molecule has 0 fully saturated rings. The van der Waals surface area contributed by atoms with Crippen molar-refractivity contribution >= 4 is 43.1 Å². The number of hydrogen-bond donors (Lipinski definition) is 0. The van der Waals surface area contributed by atoms with E-state index in [4.69, 9.17) is 4.74 Å². The first-order valence-corrected chi connectivity index (χ1v) is 16.2. The summed E-state index contributed by atoms with van der Waals surface area (Å²) in [5, 5.41) is 9.98. The van der Waals surface area contributed by atoms with E-state index in [1.165, 1.54) is 71.1 Å². The molecule has 1 aliphatic heterocycles. The maximum atomic E-state index is 6.63. The normalized spacial score (nSPS) is 12.0. The highest BCUT2D eigenvalue weighted by atomic mass is 16.5. The Morgan fingerprint density at radius 1 is 0.298 bits per heavy atom. The molecule has 0 aliphatic carbocycles. The van der Waals surface area contributed by atoms with Crippen LogP contribution in [0.25, 0.3) is 87.6 Å². The van der Waals surface area contributed by atoms with Gasteiger partial charge in [-0.15, -0.1) is 0 Å². The Bertz CT molecular complexity index is 2700. The van der Waals surface area contributed by atoms with E-state index < -0.39 is 0 Å². The summed E-state index contributed by atoms with van der Waals surface area (Å²) in [7, 11) is 0. The summed E-state index contributed by atoms with van der Waals surface area (Å²) in [4.78, 5) is 0. The lowest BCUT2D eigenvalue weighted by Gasteiger charge is -2.23. The molecule has 9 aromatic rings. The largest absolute Gasteiger partial charge is 0.456 e. The van der Waals surface area contributed by atoms with Crippen LogP contribution in [-0.4, -0.2) is 0 Å². The van der Waals surface area contributed by atoms with E-state index in [1.807, 2.05) is 0 Å². The zero-order chi connectivity index (χ0) is 30.9. The van der Waals surface area contributed by atoms with E-state index in [-0.39, 0.29) is 0 Å². The Balaban J connectivity index is 1.17. The molecule has 0 aromatic heterocycles. The molecule has 0 saturated heterocycles. The van der Waals surface area contributed by atoms with Gasteiger partial charge in [0, 0.05) is 10.9 Å². The zero-order valence-electron chi connectivity index (χ0n) is 25.6. The minimum absolute atomic E-state index is 0.899. The number of ether oxygens (including phenoxy) is 1. The lowest BCUT2D eigenvalue weighted by Crippen LogP contribution is -1.98. The molecule has 0 spiro atoms. The Labute approximate surface area is 272 Å². The molecule has 1 heteroatoms. The van der Waals surface area contributed by atoms with Crippen molar-refractivity contribution in [2.75, 3.05) is 0 Å². The van der Waals surface area contributed by atoms with Crippen LogP contribution in [0, 0.1) is 0 Å². The minimum Gasteiger partial charge on any atom is -0.456 e. The molecule has 218 valence electrons. The zero-order valence-corrected chi connectivity index (χ0v) is 25.6. The van der Waals surface area contributed by atoms with Crippen LogP contribution in [0.5, 0.6) is 11.5 Å². The number of rotatable bonds is 3. The van der Waals surface area contributed by atoms with E-state index in [0.29, 0.717) is 0 Å². The molecule has 0 amide bonds. The average molecular weight is 597 g/mol. The van der Waals surface area contributed by atoms with Gasteiger partial charge < -0.3 is 4.74 Å². The van der Waals surface area contributed by atoms with Gasteiger partial charge in [-0.1, -0.05) is 140 Å². The fourth-order valence-corrected chi connectivity index (χ4v) is 7.68. The summed E-state index contributed by atoms with van der Waals surface area (Å²) in [5.74, 6) is 1.80. The second-order valence-electron chi connectivity index (χ2n) is 12.5. The first kappa shape index (κ1) is 26.1. The molecule has 0 unspecified atom stereocenters. The van der Waals surface area contributed by atoms with Crippen molar-refractivity contribution in [3.05, 3.63) is 170 Å². The van der Waals surface area contributed by atoms with E-state index in [0.717, 1.165) is 28.0 Å². The van der Waals surface area contributed by atoms with Crippen molar-refractivity contribution in [1.29, 1.82) is 0 Å². The van der Waals surface area contributed by atoms with Crippen molar-refractivity contribution < 1.29 is 4.74 Å². The van der Waals surface area contributed by atoms with Crippen molar-refractivity contribution in [2.45, 2.75) is 0 Å². The summed E-state index contributed by atoms with van der Waals surface area (Å²) in [6, 6.07) is 61.5. The van der Waals surface area contributed by atoms with Crippen LogP contribution in [0.2, 0.25) is 0 Å².